The Kier molecular flexibility index (Phi) is 5.28. The monoisotopic (exact) mass is 178 g/mol. The number of anilines is 1. The Labute approximate surface area is 109 Å². The van der Waals surface area contributed by atoms with Crippen LogP contribution in [-0.4, -0.2) is 51.4 Å². The van der Waals surface area contributed by atoms with E-state index in [4.69, 9.17) is 5.73 Å². The molecule has 0 saturated heterocycles. The molecule has 0 bridgehead atoms. The van der Waals surface area contributed by atoms with Gasteiger partial charge in [0.15, 0.2) is 0 Å². The molecule has 1 rings (SSSR count). The molecule has 0 heterocycles. The van der Waals surface area contributed by atoms with Crippen molar-refractivity contribution >= 4 is 69.7 Å². The first kappa shape index (κ1) is 11.0. The number of hydrogen-bond acceptors (Lipinski definition) is 2. The first-order valence-electron chi connectivity index (χ1n) is 2.76. The molecular weight excluding hydrogens is 169 g/mol. The fraction of sp³-hybridized carbons (Fsp3) is 0.143. The van der Waals surface area contributed by atoms with Crippen LogP contribution >= 0.6 is 12.6 Å². The molecule has 0 aliphatic carbocycles. The molecule has 1 aromatic carbocycles. The summed E-state index contributed by atoms with van der Waals surface area (Å²) in [7, 11) is 0. The van der Waals surface area contributed by atoms with Gasteiger partial charge in [0.2, 0.25) is 0 Å². The van der Waals surface area contributed by atoms with E-state index in [0.717, 1.165) is 16.1 Å². The molecule has 0 aliphatic heterocycles. The maximum Gasteiger partial charge on any atom is 0.0479 e. The topological polar surface area (TPSA) is 26.0 Å². The summed E-state index contributed by atoms with van der Waals surface area (Å²) in [6.45, 7) is 1.97. The van der Waals surface area contributed by atoms with Crippen molar-refractivity contribution < 1.29 is 0 Å². The van der Waals surface area contributed by atoms with Gasteiger partial charge in [-0.15, -0.1) is 12.6 Å². The normalized spacial score (nSPS) is 8.60. The first-order chi connectivity index (χ1) is 4.22. The van der Waals surface area contributed by atoms with Crippen molar-refractivity contribution in [3.63, 3.8) is 0 Å². The number of nitrogens with two attached hydrogens (primary N) is 1. The number of para-hydroxylation sites is 1. The molecule has 49 valence electrons. The van der Waals surface area contributed by atoms with Crippen LogP contribution < -0.4 is 5.73 Å². The van der Waals surface area contributed by atoms with Crippen molar-refractivity contribution in [2.75, 3.05) is 5.73 Å². The van der Waals surface area contributed by atoms with Crippen LogP contribution in [0.4, 0.5) is 5.69 Å². The molecule has 0 fully saturated rings. The summed E-state index contributed by atoms with van der Waals surface area (Å²) < 4.78 is 0. The molecule has 0 saturated carbocycles. The SMILES string of the molecule is Cc1cccc(S)c1N.[K]. The summed E-state index contributed by atoms with van der Waals surface area (Å²) in [5.41, 5.74) is 7.47. The molecule has 2 N–H and O–H groups in total. The zero-order valence-electron chi connectivity index (χ0n) is 6.26. The Balaban J connectivity index is 0.000000810. The minimum absolute atomic E-state index is 0. The molecule has 0 spiro atoms. The van der Waals surface area contributed by atoms with E-state index in [1.165, 1.54) is 0 Å². The molecule has 3 heteroatoms. The summed E-state index contributed by atoms with van der Waals surface area (Å²) in [4.78, 5) is 0.856. The zero-order chi connectivity index (χ0) is 6.85. The van der Waals surface area contributed by atoms with Gasteiger partial charge in [-0.25, -0.2) is 0 Å². The van der Waals surface area contributed by atoms with Gasteiger partial charge in [-0.3, -0.25) is 0 Å². The van der Waals surface area contributed by atoms with Crippen molar-refractivity contribution in [3.8, 4) is 0 Å². The van der Waals surface area contributed by atoms with Gasteiger partial charge in [0, 0.05) is 62.0 Å². The zero-order valence-corrected chi connectivity index (χ0v) is 10.3. The largest absolute Gasteiger partial charge is 0.398 e. The summed E-state index contributed by atoms with van der Waals surface area (Å²) in [6.07, 6.45) is 0. The van der Waals surface area contributed by atoms with E-state index in [0.29, 0.717) is 0 Å². The van der Waals surface area contributed by atoms with Gasteiger partial charge >= 0.3 is 0 Å². The van der Waals surface area contributed by atoms with Crippen LogP contribution in [0.25, 0.3) is 0 Å². The Morgan fingerprint density at radius 1 is 1.40 bits per heavy atom. The van der Waals surface area contributed by atoms with E-state index >= 15 is 0 Å². The average molecular weight is 178 g/mol. The third kappa shape index (κ3) is 2.56. The van der Waals surface area contributed by atoms with E-state index < -0.39 is 0 Å². The molecule has 1 radical (unpaired) electrons. The van der Waals surface area contributed by atoms with Gasteiger partial charge in [-0.2, -0.15) is 0 Å². The van der Waals surface area contributed by atoms with Crippen LogP contribution in [-0.2, 0) is 0 Å². The number of rotatable bonds is 0. The van der Waals surface area contributed by atoms with Crippen molar-refractivity contribution in [3.05, 3.63) is 23.8 Å². The van der Waals surface area contributed by atoms with Crippen LogP contribution in [0.5, 0.6) is 0 Å². The Morgan fingerprint density at radius 2 is 2.00 bits per heavy atom. The Hall–Kier alpha value is 1.01. The van der Waals surface area contributed by atoms with Crippen LogP contribution in [0.3, 0.4) is 0 Å². The van der Waals surface area contributed by atoms with Gasteiger partial charge in [-0.1, -0.05) is 12.1 Å². The predicted molar refractivity (Wildman–Crippen MR) is 48.6 cm³/mol. The molecule has 0 aromatic heterocycles. The minimum Gasteiger partial charge on any atom is -0.398 e. The first-order valence-corrected chi connectivity index (χ1v) is 3.20. The average Bonchev–Trinajstić information content (AvgIpc) is 1.83. The Morgan fingerprint density at radius 3 is 2.40 bits per heavy atom. The second kappa shape index (κ2) is 4.80. The molecule has 0 aliphatic rings. The van der Waals surface area contributed by atoms with Crippen LogP contribution in [0.2, 0.25) is 0 Å². The molecular formula is C7H9KNS. The van der Waals surface area contributed by atoms with Gasteiger partial charge in [-0.05, 0) is 18.6 Å². The number of thiol groups is 1. The van der Waals surface area contributed by atoms with Crippen LogP contribution in [0.15, 0.2) is 23.1 Å². The van der Waals surface area contributed by atoms with Crippen LogP contribution in [0.1, 0.15) is 5.56 Å². The summed E-state index contributed by atoms with van der Waals surface area (Å²) in [6, 6.07) is 5.79. The maximum absolute atomic E-state index is 5.61. The second-order valence-corrected chi connectivity index (χ2v) is 2.49. The van der Waals surface area contributed by atoms with Crippen molar-refractivity contribution in [2.24, 2.45) is 0 Å². The summed E-state index contributed by atoms with van der Waals surface area (Å²) in [5, 5.41) is 0. The van der Waals surface area contributed by atoms with Crippen molar-refractivity contribution in [1.29, 1.82) is 0 Å². The number of nitrogen functional groups attached to an aromatic ring is 1. The summed E-state index contributed by atoms with van der Waals surface area (Å²) in [5.74, 6) is 0. The van der Waals surface area contributed by atoms with E-state index in [1.54, 1.807) is 0 Å². The fourth-order valence-electron chi connectivity index (χ4n) is 0.665. The maximum atomic E-state index is 5.61. The molecule has 10 heavy (non-hydrogen) atoms. The van der Waals surface area contributed by atoms with E-state index in [1.807, 2.05) is 25.1 Å². The molecule has 1 aromatic rings. The van der Waals surface area contributed by atoms with Gasteiger partial charge in [0.05, 0.1) is 0 Å². The quantitative estimate of drug-likeness (QED) is 0.351. The number of benzene rings is 1. The number of hydrogen-bond donors (Lipinski definition) is 2. The molecule has 0 amide bonds. The molecule has 0 unspecified atom stereocenters. The van der Waals surface area contributed by atoms with Crippen molar-refractivity contribution in [1.82, 2.24) is 0 Å². The third-order valence-electron chi connectivity index (χ3n) is 1.30. The van der Waals surface area contributed by atoms with Gasteiger partial charge in [0.25, 0.3) is 0 Å². The standard InChI is InChI=1S/C7H9NS.K/c1-5-3-2-4-6(9)7(5)8;/h2-4,9H,8H2,1H3;. The van der Waals surface area contributed by atoms with Crippen LogP contribution in [0, 0.1) is 6.92 Å². The predicted octanol–water partition coefficient (Wildman–Crippen LogP) is 1.49. The molecule has 0 atom stereocenters. The summed E-state index contributed by atoms with van der Waals surface area (Å²) >= 11 is 4.14. The molecule has 1 nitrogen and oxygen atoms in total. The number of aryl methyl sites for hydroxylation is 1. The Bertz CT molecular complexity index is 205. The van der Waals surface area contributed by atoms with Gasteiger partial charge < -0.3 is 5.73 Å². The van der Waals surface area contributed by atoms with E-state index in [-0.39, 0.29) is 51.4 Å². The van der Waals surface area contributed by atoms with Crippen molar-refractivity contribution in [2.45, 2.75) is 11.8 Å². The van der Waals surface area contributed by atoms with E-state index in [2.05, 4.69) is 12.6 Å². The smallest absolute Gasteiger partial charge is 0.0479 e. The minimum atomic E-state index is 0. The third-order valence-corrected chi connectivity index (χ3v) is 1.69. The second-order valence-electron chi connectivity index (χ2n) is 2.01. The fourth-order valence-corrected chi connectivity index (χ4v) is 0.928. The van der Waals surface area contributed by atoms with Gasteiger partial charge in [0.1, 0.15) is 0 Å². The van der Waals surface area contributed by atoms with E-state index in [9.17, 15) is 0 Å².